The fourth-order valence-corrected chi connectivity index (χ4v) is 8.68. The molecule has 10 rings (SSSR count). The van der Waals surface area contributed by atoms with Gasteiger partial charge in [-0.3, -0.25) is 0 Å². The zero-order valence-corrected chi connectivity index (χ0v) is 27.3. The molecule has 0 radical (unpaired) electrons. The third kappa shape index (κ3) is 4.47. The summed E-state index contributed by atoms with van der Waals surface area (Å²) in [4.78, 5) is 2.29. The van der Waals surface area contributed by atoms with Crippen LogP contribution in [0.4, 0.5) is 17.1 Å². The van der Waals surface area contributed by atoms with Gasteiger partial charge in [-0.1, -0.05) is 133 Å². The molecule has 0 saturated carbocycles. The Kier molecular flexibility index (Phi) is 6.39. The van der Waals surface area contributed by atoms with Gasteiger partial charge in [0.1, 0.15) is 5.58 Å². The van der Waals surface area contributed by atoms with Crippen molar-refractivity contribution >= 4 is 81.3 Å². The SMILES string of the molecule is c1ccc(N(c2ccc(-c3ccc(-c4cccc5c4sc4ccccc45)c4ccccc34)cc2)c2cccc3c2oc2ccccc23)cc1. The van der Waals surface area contributed by atoms with Crippen molar-refractivity contribution in [2.45, 2.75) is 0 Å². The van der Waals surface area contributed by atoms with Crippen LogP contribution in [0, 0.1) is 0 Å². The molecule has 0 saturated heterocycles. The highest BCUT2D eigenvalue weighted by atomic mass is 32.1. The molecule has 49 heavy (non-hydrogen) atoms. The van der Waals surface area contributed by atoms with Crippen molar-refractivity contribution in [1.29, 1.82) is 0 Å². The molecule has 230 valence electrons. The fraction of sp³-hybridized carbons (Fsp3) is 0. The summed E-state index contributed by atoms with van der Waals surface area (Å²) in [5.41, 5.74) is 9.89. The molecule has 0 aliphatic heterocycles. The number of rotatable bonds is 5. The Labute approximate surface area is 287 Å². The molecule has 0 spiro atoms. The summed E-state index contributed by atoms with van der Waals surface area (Å²) in [7, 11) is 0. The molecule has 8 aromatic carbocycles. The van der Waals surface area contributed by atoms with Gasteiger partial charge in [0, 0.05) is 47.9 Å². The molecule has 0 fully saturated rings. The van der Waals surface area contributed by atoms with E-state index in [1.54, 1.807) is 0 Å². The summed E-state index contributed by atoms with van der Waals surface area (Å²) >= 11 is 1.88. The van der Waals surface area contributed by atoms with E-state index in [9.17, 15) is 0 Å². The van der Waals surface area contributed by atoms with Crippen molar-refractivity contribution in [3.05, 3.63) is 176 Å². The summed E-state index contributed by atoms with van der Waals surface area (Å²) in [6, 6.07) is 63.0. The van der Waals surface area contributed by atoms with E-state index in [4.69, 9.17) is 4.42 Å². The summed E-state index contributed by atoms with van der Waals surface area (Å²) in [6.07, 6.45) is 0. The standard InChI is InChI=1S/C46H29NOS/c1-2-12-31(13-3-1)47(42-21-11-18-39-37-16-6-8-22-43(37)48-45(39)42)32-26-24-30(25-27-32)33-28-29-36(35-15-5-4-14-34(33)35)40-19-10-20-41-38-17-7-9-23-44(38)49-46(40)41/h1-29H. The number of thiophene rings is 1. The Morgan fingerprint density at radius 1 is 0.388 bits per heavy atom. The second kappa shape index (κ2) is 11.2. The van der Waals surface area contributed by atoms with Crippen LogP contribution in [0.15, 0.2) is 180 Å². The lowest BCUT2D eigenvalue weighted by atomic mass is 9.91. The Bertz CT molecular complexity index is 2830. The summed E-state index contributed by atoms with van der Waals surface area (Å²) < 4.78 is 9.16. The second-order valence-corrected chi connectivity index (χ2v) is 13.5. The molecule has 10 aromatic rings. The minimum absolute atomic E-state index is 0.881. The van der Waals surface area contributed by atoms with Crippen LogP contribution < -0.4 is 4.90 Å². The van der Waals surface area contributed by atoms with E-state index < -0.39 is 0 Å². The fourth-order valence-electron chi connectivity index (χ4n) is 7.45. The van der Waals surface area contributed by atoms with Crippen molar-refractivity contribution in [2.75, 3.05) is 4.90 Å². The van der Waals surface area contributed by atoms with Gasteiger partial charge >= 0.3 is 0 Å². The zero-order valence-electron chi connectivity index (χ0n) is 26.5. The monoisotopic (exact) mass is 643 g/mol. The highest BCUT2D eigenvalue weighted by Gasteiger charge is 2.20. The first kappa shape index (κ1) is 27.9. The van der Waals surface area contributed by atoms with Crippen LogP contribution in [-0.2, 0) is 0 Å². The van der Waals surface area contributed by atoms with E-state index >= 15 is 0 Å². The minimum atomic E-state index is 0.881. The van der Waals surface area contributed by atoms with Crippen molar-refractivity contribution < 1.29 is 4.42 Å². The number of hydrogen-bond acceptors (Lipinski definition) is 3. The van der Waals surface area contributed by atoms with Gasteiger partial charge in [-0.05, 0) is 69.9 Å². The molecule has 0 bridgehead atoms. The van der Waals surface area contributed by atoms with Gasteiger partial charge in [0.2, 0.25) is 0 Å². The number of nitrogens with zero attached hydrogens (tertiary/aromatic N) is 1. The lowest BCUT2D eigenvalue weighted by molar-refractivity contribution is 0.669. The molecular weight excluding hydrogens is 615 g/mol. The first-order valence-corrected chi connectivity index (χ1v) is 17.4. The first-order valence-electron chi connectivity index (χ1n) is 16.6. The van der Waals surface area contributed by atoms with Gasteiger partial charge in [-0.25, -0.2) is 0 Å². The molecule has 2 nitrogen and oxygen atoms in total. The molecule has 0 unspecified atom stereocenters. The van der Waals surface area contributed by atoms with Crippen molar-refractivity contribution in [2.24, 2.45) is 0 Å². The molecule has 0 aliphatic rings. The van der Waals surface area contributed by atoms with Crippen LogP contribution in [0.25, 0.3) is 75.1 Å². The van der Waals surface area contributed by atoms with Crippen LogP contribution in [-0.4, -0.2) is 0 Å². The zero-order chi connectivity index (χ0) is 32.3. The lowest BCUT2D eigenvalue weighted by Crippen LogP contribution is -2.10. The molecule has 0 N–H and O–H groups in total. The number of hydrogen-bond donors (Lipinski definition) is 0. The third-order valence-electron chi connectivity index (χ3n) is 9.69. The van der Waals surface area contributed by atoms with Crippen LogP contribution in [0.1, 0.15) is 0 Å². The Balaban J connectivity index is 1.10. The maximum Gasteiger partial charge on any atom is 0.159 e. The van der Waals surface area contributed by atoms with E-state index in [0.29, 0.717) is 0 Å². The van der Waals surface area contributed by atoms with Crippen LogP contribution in [0.5, 0.6) is 0 Å². The molecular formula is C46H29NOS. The predicted molar refractivity (Wildman–Crippen MR) is 210 cm³/mol. The topological polar surface area (TPSA) is 16.4 Å². The minimum Gasteiger partial charge on any atom is -0.454 e. The molecule has 3 heteroatoms. The second-order valence-electron chi connectivity index (χ2n) is 12.5. The van der Waals surface area contributed by atoms with E-state index in [0.717, 1.165) is 39.0 Å². The van der Waals surface area contributed by atoms with Crippen LogP contribution in [0.3, 0.4) is 0 Å². The summed E-state index contributed by atoms with van der Waals surface area (Å²) in [5, 5.41) is 7.40. The average molecular weight is 644 g/mol. The van der Waals surface area contributed by atoms with Gasteiger partial charge in [0.05, 0.1) is 5.69 Å². The van der Waals surface area contributed by atoms with Crippen LogP contribution >= 0.6 is 11.3 Å². The van der Waals surface area contributed by atoms with E-state index in [2.05, 4.69) is 169 Å². The number of anilines is 3. The third-order valence-corrected chi connectivity index (χ3v) is 10.9. The first-order chi connectivity index (χ1) is 24.3. The smallest absolute Gasteiger partial charge is 0.159 e. The Morgan fingerprint density at radius 2 is 1.00 bits per heavy atom. The van der Waals surface area contributed by atoms with Gasteiger partial charge in [0.25, 0.3) is 0 Å². The molecule has 0 atom stereocenters. The number of fused-ring (bicyclic) bond motifs is 7. The number of para-hydroxylation sites is 3. The number of furan rings is 1. The summed E-state index contributed by atoms with van der Waals surface area (Å²) in [6.45, 7) is 0. The Hall–Kier alpha value is -6.16. The molecule has 2 heterocycles. The predicted octanol–water partition coefficient (Wildman–Crippen LogP) is 13.9. The number of benzene rings is 8. The summed E-state index contributed by atoms with van der Waals surface area (Å²) in [5.74, 6) is 0. The van der Waals surface area contributed by atoms with E-state index in [-0.39, 0.29) is 0 Å². The van der Waals surface area contributed by atoms with Gasteiger partial charge in [-0.15, -0.1) is 11.3 Å². The maximum absolute atomic E-state index is 6.50. The highest BCUT2D eigenvalue weighted by molar-refractivity contribution is 7.26. The van der Waals surface area contributed by atoms with Crippen LogP contribution in [0.2, 0.25) is 0 Å². The molecule has 0 amide bonds. The average Bonchev–Trinajstić information content (AvgIpc) is 3.75. The quantitative estimate of drug-likeness (QED) is 0.186. The normalized spacial score (nSPS) is 11.7. The van der Waals surface area contributed by atoms with Gasteiger partial charge < -0.3 is 9.32 Å². The molecule has 2 aromatic heterocycles. The van der Waals surface area contributed by atoms with Crippen molar-refractivity contribution in [3.8, 4) is 22.3 Å². The van der Waals surface area contributed by atoms with Crippen molar-refractivity contribution in [3.63, 3.8) is 0 Å². The van der Waals surface area contributed by atoms with Crippen molar-refractivity contribution in [1.82, 2.24) is 0 Å². The van der Waals surface area contributed by atoms with E-state index in [1.165, 1.54) is 53.2 Å². The lowest BCUT2D eigenvalue weighted by Gasteiger charge is -2.25. The maximum atomic E-state index is 6.50. The van der Waals surface area contributed by atoms with Gasteiger partial charge in [-0.2, -0.15) is 0 Å². The van der Waals surface area contributed by atoms with E-state index in [1.807, 2.05) is 23.5 Å². The molecule has 0 aliphatic carbocycles. The van der Waals surface area contributed by atoms with Gasteiger partial charge in [0.15, 0.2) is 5.58 Å². The highest BCUT2D eigenvalue weighted by Crippen LogP contribution is 2.45. The Morgan fingerprint density at radius 3 is 1.84 bits per heavy atom. The largest absolute Gasteiger partial charge is 0.454 e.